The third-order valence-corrected chi connectivity index (χ3v) is 8.50. The lowest BCUT2D eigenvalue weighted by Crippen LogP contribution is -2.48. The van der Waals surface area contributed by atoms with Crippen LogP contribution in [-0.4, -0.2) is 52.5 Å². The molecule has 3 aromatic carbocycles. The van der Waals surface area contributed by atoms with E-state index in [1.165, 1.54) is 24.3 Å². The van der Waals surface area contributed by atoms with E-state index in [-0.39, 0.29) is 22.1 Å². The number of unbranched alkanes of at least 4 members (excludes halogenated alkanes) is 1. The van der Waals surface area contributed by atoms with Crippen molar-refractivity contribution >= 4 is 27.5 Å². The molecule has 6 N–H and O–H groups in total. The first-order valence-electron chi connectivity index (χ1n) is 14.3. The van der Waals surface area contributed by atoms with E-state index in [9.17, 15) is 18.0 Å². The largest absolute Gasteiger partial charge is 0.455 e. The molecule has 1 fully saturated rings. The fourth-order valence-corrected chi connectivity index (χ4v) is 5.77. The van der Waals surface area contributed by atoms with E-state index >= 15 is 0 Å². The summed E-state index contributed by atoms with van der Waals surface area (Å²) in [5.41, 5.74) is 6.15. The molecule has 4 rings (SSSR count). The number of piperidine rings is 1. The number of ether oxygens (including phenoxy) is 1. The monoisotopic (exact) mass is 593 g/mol. The fraction of sp³-hybridized carbons (Fsp3) is 0.355. The molecule has 224 valence electrons. The summed E-state index contributed by atoms with van der Waals surface area (Å²) >= 11 is 0. The first kappa shape index (κ1) is 31.0. The van der Waals surface area contributed by atoms with Crippen molar-refractivity contribution in [3.63, 3.8) is 0 Å². The maximum Gasteiger partial charge on any atom is 0.262 e. The second kappa shape index (κ2) is 15.3. The molecule has 0 unspecified atom stereocenters. The maximum absolute atomic E-state index is 13.2. The van der Waals surface area contributed by atoms with Crippen LogP contribution in [0.5, 0.6) is 11.5 Å². The molecule has 10 nitrogen and oxygen atoms in total. The van der Waals surface area contributed by atoms with Crippen LogP contribution in [-0.2, 0) is 14.8 Å². The second-order valence-corrected chi connectivity index (χ2v) is 12.0. The zero-order chi connectivity index (χ0) is 29.8. The maximum atomic E-state index is 13.2. The first-order chi connectivity index (χ1) is 20.4. The van der Waals surface area contributed by atoms with Crippen molar-refractivity contribution in [1.82, 2.24) is 16.0 Å². The summed E-state index contributed by atoms with van der Waals surface area (Å²) < 4.78 is 34.8. The molecule has 0 aliphatic carbocycles. The summed E-state index contributed by atoms with van der Waals surface area (Å²) in [6, 6.07) is 20.7. The molecule has 1 aliphatic heterocycles. The second-order valence-electron chi connectivity index (χ2n) is 10.3. The van der Waals surface area contributed by atoms with Crippen LogP contribution in [0.3, 0.4) is 0 Å². The Balaban J connectivity index is 1.40. The minimum absolute atomic E-state index is 0.0206. The lowest BCUT2D eigenvalue weighted by Gasteiger charge is -2.24. The van der Waals surface area contributed by atoms with Gasteiger partial charge < -0.3 is 26.4 Å². The van der Waals surface area contributed by atoms with Crippen molar-refractivity contribution in [2.24, 2.45) is 11.7 Å². The number of hydrogen-bond donors (Lipinski definition) is 5. The molecule has 0 aromatic heterocycles. The summed E-state index contributed by atoms with van der Waals surface area (Å²) in [5, 5.41) is 9.13. The van der Waals surface area contributed by atoms with Gasteiger partial charge in [0.15, 0.2) is 5.75 Å². The molecule has 11 heteroatoms. The molecular formula is C31H39N5O5S. The van der Waals surface area contributed by atoms with E-state index in [4.69, 9.17) is 10.5 Å². The number of rotatable bonds is 14. The standard InChI is InChI=1S/C31H39N5O5S/c32-19-7-6-11-28(31(38)34-22-23-17-20-33-21-18-23)35-30(37)24-13-15-26(16-14-24)42(39,40)36-27-10-4-5-12-29(27)41-25-8-2-1-3-9-25/h1-5,8-10,12-16,23,28,33,36H,6-7,11,17-22,32H2,(H,34,38)(H,35,37)/t28-/m0/s1. The molecule has 3 aromatic rings. The van der Waals surface area contributed by atoms with Gasteiger partial charge in [-0.25, -0.2) is 8.42 Å². The van der Waals surface area contributed by atoms with Crippen LogP contribution < -0.4 is 31.1 Å². The van der Waals surface area contributed by atoms with Gasteiger partial charge in [0, 0.05) is 12.1 Å². The number of carbonyl (C=O) groups excluding carboxylic acids is 2. The summed E-state index contributed by atoms with van der Waals surface area (Å²) in [6.07, 6.45) is 3.90. The summed E-state index contributed by atoms with van der Waals surface area (Å²) in [4.78, 5) is 26.0. The Labute approximate surface area is 247 Å². The molecule has 1 atom stereocenters. The highest BCUT2D eigenvalue weighted by Gasteiger charge is 2.23. The van der Waals surface area contributed by atoms with Crippen LogP contribution in [0.2, 0.25) is 0 Å². The Hall–Kier alpha value is -3.93. The zero-order valence-corrected chi connectivity index (χ0v) is 24.4. The molecule has 1 aliphatic rings. The van der Waals surface area contributed by atoms with E-state index in [1.807, 2.05) is 18.2 Å². The van der Waals surface area contributed by atoms with E-state index < -0.39 is 22.0 Å². The Morgan fingerprint density at radius 2 is 1.62 bits per heavy atom. The average Bonchev–Trinajstić information content (AvgIpc) is 3.01. The van der Waals surface area contributed by atoms with Gasteiger partial charge >= 0.3 is 0 Å². The molecular weight excluding hydrogens is 554 g/mol. The Morgan fingerprint density at radius 3 is 2.33 bits per heavy atom. The van der Waals surface area contributed by atoms with Crippen molar-refractivity contribution in [2.45, 2.75) is 43.0 Å². The van der Waals surface area contributed by atoms with Gasteiger partial charge in [-0.1, -0.05) is 30.3 Å². The normalized spacial score (nSPS) is 14.5. The van der Waals surface area contributed by atoms with Crippen molar-refractivity contribution in [3.05, 3.63) is 84.4 Å². The van der Waals surface area contributed by atoms with E-state index in [0.29, 0.717) is 43.3 Å². The van der Waals surface area contributed by atoms with E-state index in [0.717, 1.165) is 32.4 Å². The SMILES string of the molecule is NCCCC[C@H](NC(=O)c1ccc(S(=O)(=O)Nc2ccccc2Oc2ccccc2)cc1)C(=O)NCC1CCNCC1. The lowest BCUT2D eigenvalue weighted by atomic mass is 9.98. The van der Waals surface area contributed by atoms with Crippen LogP contribution in [0.25, 0.3) is 0 Å². The minimum Gasteiger partial charge on any atom is -0.455 e. The highest BCUT2D eigenvalue weighted by molar-refractivity contribution is 7.92. The van der Waals surface area contributed by atoms with Crippen molar-refractivity contribution < 1.29 is 22.7 Å². The van der Waals surface area contributed by atoms with Crippen LogP contribution >= 0.6 is 0 Å². The molecule has 1 heterocycles. The van der Waals surface area contributed by atoms with Gasteiger partial charge in [0.25, 0.3) is 15.9 Å². The number of sulfonamides is 1. The number of nitrogens with one attached hydrogen (secondary N) is 4. The van der Waals surface area contributed by atoms with Gasteiger partial charge in [-0.05, 0) is 106 Å². The Bertz CT molecular complexity index is 1410. The van der Waals surface area contributed by atoms with E-state index in [2.05, 4.69) is 20.7 Å². The summed E-state index contributed by atoms with van der Waals surface area (Å²) in [6.45, 7) is 2.95. The van der Waals surface area contributed by atoms with Crippen molar-refractivity contribution in [1.29, 1.82) is 0 Å². The van der Waals surface area contributed by atoms with Gasteiger partial charge in [-0.2, -0.15) is 0 Å². The highest BCUT2D eigenvalue weighted by Crippen LogP contribution is 2.31. The Kier molecular flexibility index (Phi) is 11.3. The minimum atomic E-state index is -3.98. The third kappa shape index (κ3) is 9.04. The predicted octanol–water partition coefficient (Wildman–Crippen LogP) is 3.62. The van der Waals surface area contributed by atoms with Crippen molar-refractivity contribution in [2.75, 3.05) is 30.9 Å². The quantitative estimate of drug-likeness (QED) is 0.179. The number of benzene rings is 3. The van der Waals surface area contributed by atoms with Gasteiger partial charge in [0.05, 0.1) is 10.6 Å². The smallest absolute Gasteiger partial charge is 0.262 e. The molecule has 1 saturated heterocycles. The number of amides is 2. The first-order valence-corrected chi connectivity index (χ1v) is 15.8. The van der Waals surface area contributed by atoms with Gasteiger partial charge in [0.2, 0.25) is 5.91 Å². The molecule has 0 bridgehead atoms. The summed E-state index contributed by atoms with van der Waals surface area (Å²) in [7, 11) is -3.98. The number of para-hydroxylation sites is 3. The molecule has 42 heavy (non-hydrogen) atoms. The van der Waals surface area contributed by atoms with Crippen LogP contribution in [0.15, 0.2) is 83.8 Å². The topological polar surface area (TPSA) is 152 Å². The number of nitrogens with two attached hydrogens (primary N) is 1. The molecule has 0 spiro atoms. The van der Waals surface area contributed by atoms with Crippen molar-refractivity contribution in [3.8, 4) is 11.5 Å². The summed E-state index contributed by atoms with van der Waals surface area (Å²) in [5.74, 6) is 0.653. The van der Waals surface area contributed by atoms with Gasteiger partial charge in [-0.15, -0.1) is 0 Å². The average molecular weight is 594 g/mol. The fourth-order valence-electron chi connectivity index (χ4n) is 4.70. The van der Waals surface area contributed by atoms with Crippen LogP contribution in [0.4, 0.5) is 5.69 Å². The van der Waals surface area contributed by atoms with Gasteiger partial charge in [0.1, 0.15) is 11.8 Å². The third-order valence-electron chi connectivity index (χ3n) is 7.12. The number of carbonyl (C=O) groups is 2. The molecule has 0 radical (unpaired) electrons. The zero-order valence-electron chi connectivity index (χ0n) is 23.6. The molecule has 2 amide bonds. The highest BCUT2D eigenvalue weighted by atomic mass is 32.2. The predicted molar refractivity (Wildman–Crippen MR) is 163 cm³/mol. The van der Waals surface area contributed by atoms with Gasteiger partial charge in [-0.3, -0.25) is 14.3 Å². The van der Waals surface area contributed by atoms with Crippen LogP contribution in [0, 0.1) is 5.92 Å². The Morgan fingerprint density at radius 1 is 0.929 bits per heavy atom. The number of anilines is 1. The lowest BCUT2D eigenvalue weighted by molar-refractivity contribution is -0.123. The van der Waals surface area contributed by atoms with Crippen LogP contribution in [0.1, 0.15) is 42.5 Å². The molecule has 0 saturated carbocycles. The number of hydrogen-bond acceptors (Lipinski definition) is 7. The van der Waals surface area contributed by atoms with E-state index in [1.54, 1.807) is 36.4 Å².